The molecule has 2 aromatic heterocycles. The SMILES string of the molecule is CN(Cc1ccccn1)[C@H]1CCCN(c2cccnn2)C1. The van der Waals surface area contributed by atoms with Crippen LogP contribution in [0.25, 0.3) is 0 Å². The molecule has 1 atom stereocenters. The molecule has 0 saturated carbocycles. The fourth-order valence-corrected chi connectivity index (χ4v) is 2.86. The van der Waals surface area contributed by atoms with Crippen LogP contribution in [0.15, 0.2) is 42.7 Å². The zero-order valence-corrected chi connectivity index (χ0v) is 12.4. The fraction of sp³-hybridized carbons (Fsp3) is 0.438. The standard InChI is InChI=1S/C16H21N5/c1-20(12-14-6-2-3-9-17-14)15-7-5-11-21(13-15)16-8-4-10-18-19-16/h2-4,6,8-10,15H,5,7,11-13H2,1H3/t15-/m0/s1. The molecule has 1 aliphatic rings. The van der Waals surface area contributed by atoms with Gasteiger partial charge in [-0.3, -0.25) is 9.88 Å². The Bertz CT molecular complexity index is 545. The second-order valence-electron chi connectivity index (χ2n) is 5.56. The highest BCUT2D eigenvalue weighted by atomic mass is 15.3. The molecule has 1 saturated heterocycles. The molecule has 5 heteroatoms. The van der Waals surface area contributed by atoms with Crippen molar-refractivity contribution in [2.24, 2.45) is 0 Å². The minimum Gasteiger partial charge on any atom is -0.354 e. The van der Waals surface area contributed by atoms with Crippen molar-refractivity contribution in [3.8, 4) is 0 Å². The molecule has 0 bridgehead atoms. The van der Waals surface area contributed by atoms with Gasteiger partial charge in [0.15, 0.2) is 5.82 Å². The van der Waals surface area contributed by atoms with Crippen LogP contribution in [0.2, 0.25) is 0 Å². The van der Waals surface area contributed by atoms with E-state index in [0.29, 0.717) is 6.04 Å². The Labute approximate surface area is 125 Å². The number of piperidine rings is 1. The van der Waals surface area contributed by atoms with Crippen molar-refractivity contribution >= 4 is 5.82 Å². The van der Waals surface area contributed by atoms with E-state index in [4.69, 9.17) is 0 Å². The lowest BCUT2D eigenvalue weighted by molar-refractivity contribution is 0.205. The van der Waals surface area contributed by atoms with E-state index in [9.17, 15) is 0 Å². The molecule has 0 radical (unpaired) electrons. The number of nitrogens with zero attached hydrogens (tertiary/aromatic N) is 5. The maximum absolute atomic E-state index is 4.41. The Hall–Kier alpha value is -2.01. The smallest absolute Gasteiger partial charge is 0.151 e. The maximum Gasteiger partial charge on any atom is 0.151 e. The molecule has 5 nitrogen and oxygen atoms in total. The highest BCUT2D eigenvalue weighted by molar-refractivity contribution is 5.37. The third kappa shape index (κ3) is 3.55. The minimum absolute atomic E-state index is 0.530. The fourth-order valence-electron chi connectivity index (χ4n) is 2.86. The Morgan fingerprint density at radius 3 is 2.95 bits per heavy atom. The zero-order valence-electron chi connectivity index (χ0n) is 12.4. The number of pyridine rings is 1. The number of hydrogen-bond acceptors (Lipinski definition) is 5. The summed E-state index contributed by atoms with van der Waals surface area (Å²) in [4.78, 5) is 9.14. The molecule has 0 unspecified atom stereocenters. The minimum atomic E-state index is 0.530. The van der Waals surface area contributed by atoms with Crippen molar-refractivity contribution in [2.75, 3.05) is 25.0 Å². The van der Waals surface area contributed by atoms with E-state index >= 15 is 0 Å². The van der Waals surface area contributed by atoms with E-state index in [-0.39, 0.29) is 0 Å². The summed E-state index contributed by atoms with van der Waals surface area (Å²) < 4.78 is 0. The van der Waals surface area contributed by atoms with Gasteiger partial charge in [0.05, 0.1) is 5.69 Å². The summed E-state index contributed by atoms with van der Waals surface area (Å²) in [5, 5.41) is 8.21. The quantitative estimate of drug-likeness (QED) is 0.858. The van der Waals surface area contributed by atoms with Crippen molar-refractivity contribution in [3.63, 3.8) is 0 Å². The van der Waals surface area contributed by atoms with Gasteiger partial charge in [0.2, 0.25) is 0 Å². The molecule has 2 aromatic rings. The topological polar surface area (TPSA) is 45.2 Å². The van der Waals surface area contributed by atoms with Gasteiger partial charge >= 0.3 is 0 Å². The summed E-state index contributed by atoms with van der Waals surface area (Å²) in [6.45, 7) is 2.95. The van der Waals surface area contributed by atoms with Gasteiger partial charge in [-0.25, -0.2) is 0 Å². The summed E-state index contributed by atoms with van der Waals surface area (Å²) in [7, 11) is 2.18. The highest BCUT2D eigenvalue weighted by Gasteiger charge is 2.24. The molecule has 0 aliphatic carbocycles. The van der Waals surface area contributed by atoms with Crippen LogP contribution < -0.4 is 4.90 Å². The van der Waals surface area contributed by atoms with E-state index in [1.807, 2.05) is 30.5 Å². The second-order valence-corrected chi connectivity index (χ2v) is 5.56. The van der Waals surface area contributed by atoms with Gasteiger partial charge in [0.1, 0.15) is 0 Å². The Morgan fingerprint density at radius 2 is 2.19 bits per heavy atom. The van der Waals surface area contributed by atoms with E-state index in [1.165, 1.54) is 12.8 Å². The summed E-state index contributed by atoms with van der Waals surface area (Å²) in [5.74, 6) is 0.980. The van der Waals surface area contributed by atoms with Crippen LogP contribution in [-0.2, 0) is 6.54 Å². The third-order valence-electron chi connectivity index (χ3n) is 4.04. The van der Waals surface area contributed by atoms with Crippen molar-refractivity contribution in [1.82, 2.24) is 20.1 Å². The first-order valence-corrected chi connectivity index (χ1v) is 7.46. The molecule has 1 fully saturated rings. The van der Waals surface area contributed by atoms with Crippen molar-refractivity contribution in [1.29, 1.82) is 0 Å². The van der Waals surface area contributed by atoms with Crippen LogP contribution in [0.1, 0.15) is 18.5 Å². The van der Waals surface area contributed by atoms with Crippen molar-refractivity contribution in [3.05, 3.63) is 48.4 Å². The van der Waals surface area contributed by atoms with E-state index in [2.05, 4.69) is 38.1 Å². The van der Waals surface area contributed by atoms with Gasteiger partial charge in [-0.1, -0.05) is 6.07 Å². The number of hydrogen-bond donors (Lipinski definition) is 0. The van der Waals surface area contributed by atoms with Gasteiger partial charge in [-0.2, -0.15) is 5.10 Å². The van der Waals surface area contributed by atoms with E-state index in [1.54, 1.807) is 6.20 Å². The predicted octanol–water partition coefficient (Wildman–Crippen LogP) is 1.97. The summed E-state index contributed by atoms with van der Waals surface area (Å²) in [6.07, 6.45) is 5.99. The Morgan fingerprint density at radius 1 is 1.24 bits per heavy atom. The number of aromatic nitrogens is 3. The molecule has 1 aliphatic heterocycles. The molecule has 0 aromatic carbocycles. The van der Waals surface area contributed by atoms with Gasteiger partial charge in [0.25, 0.3) is 0 Å². The normalized spacial score (nSPS) is 19.0. The van der Waals surface area contributed by atoms with Gasteiger partial charge in [-0.15, -0.1) is 5.10 Å². The molecule has 110 valence electrons. The molecule has 3 rings (SSSR count). The monoisotopic (exact) mass is 283 g/mol. The summed E-state index contributed by atoms with van der Waals surface area (Å²) in [6, 6.07) is 10.6. The predicted molar refractivity (Wildman–Crippen MR) is 83.0 cm³/mol. The zero-order chi connectivity index (χ0) is 14.5. The van der Waals surface area contributed by atoms with Crippen LogP contribution in [0.3, 0.4) is 0 Å². The molecular weight excluding hydrogens is 262 g/mol. The number of likely N-dealkylation sites (N-methyl/N-ethyl adjacent to an activating group) is 1. The van der Waals surface area contributed by atoms with Crippen LogP contribution in [-0.4, -0.2) is 46.3 Å². The van der Waals surface area contributed by atoms with Gasteiger partial charge in [-0.05, 0) is 44.2 Å². The molecule has 21 heavy (non-hydrogen) atoms. The first-order chi connectivity index (χ1) is 10.3. The third-order valence-corrected chi connectivity index (χ3v) is 4.04. The van der Waals surface area contributed by atoms with E-state index in [0.717, 1.165) is 31.1 Å². The first-order valence-electron chi connectivity index (χ1n) is 7.46. The average Bonchev–Trinajstić information content (AvgIpc) is 2.57. The summed E-state index contributed by atoms with van der Waals surface area (Å²) >= 11 is 0. The Balaban J connectivity index is 1.63. The molecular formula is C16H21N5. The second kappa shape index (κ2) is 6.63. The van der Waals surface area contributed by atoms with E-state index < -0.39 is 0 Å². The van der Waals surface area contributed by atoms with Crippen LogP contribution >= 0.6 is 0 Å². The Kier molecular flexibility index (Phi) is 4.40. The largest absolute Gasteiger partial charge is 0.354 e. The summed E-state index contributed by atoms with van der Waals surface area (Å²) in [5.41, 5.74) is 1.12. The molecule has 3 heterocycles. The lowest BCUT2D eigenvalue weighted by Crippen LogP contribution is -2.46. The van der Waals surface area contributed by atoms with Crippen molar-refractivity contribution < 1.29 is 0 Å². The van der Waals surface area contributed by atoms with Crippen LogP contribution in [0.5, 0.6) is 0 Å². The maximum atomic E-state index is 4.41. The molecule has 0 N–H and O–H groups in total. The first kappa shape index (κ1) is 13.9. The van der Waals surface area contributed by atoms with Crippen LogP contribution in [0, 0.1) is 0 Å². The number of anilines is 1. The average molecular weight is 283 g/mol. The lowest BCUT2D eigenvalue weighted by Gasteiger charge is -2.37. The highest BCUT2D eigenvalue weighted by Crippen LogP contribution is 2.20. The molecule has 0 spiro atoms. The van der Waals surface area contributed by atoms with Crippen LogP contribution in [0.4, 0.5) is 5.82 Å². The van der Waals surface area contributed by atoms with Gasteiger partial charge in [0, 0.05) is 38.1 Å². The van der Waals surface area contributed by atoms with Crippen molar-refractivity contribution in [2.45, 2.75) is 25.4 Å². The number of rotatable bonds is 4. The molecule has 0 amide bonds. The van der Waals surface area contributed by atoms with Gasteiger partial charge < -0.3 is 4.90 Å². The lowest BCUT2D eigenvalue weighted by atomic mass is 10.0.